The van der Waals surface area contributed by atoms with Gasteiger partial charge in [-0.2, -0.15) is 5.11 Å². The van der Waals surface area contributed by atoms with Crippen molar-refractivity contribution in [2.75, 3.05) is 6.54 Å². The van der Waals surface area contributed by atoms with Gasteiger partial charge in [-0.15, -0.1) is 5.11 Å². The number of aryl methyl sites for hydroxylation is 1. The number of nitrogens with one attached hydrogen (secondary N) is 1. The van der Waals surface area contributed by atoms with Crippen molar-refractivity contribution in [1.82, 2.24) is 9.88 Å². The summed E-state index contributed by atoms with van der Waals surface area (Å²) in [5.74, 6) is 0.0657. The lowest BCUT2D eigenvalue weighted by Gasteiger charge is -2.33. The lowest BCUT2D eigenvalue weighted by atomic mass is 10.0. The van der Waals surface area contributed by atoms with E-state index in [-0.39, 0.29) is 17.8 Å². The molecule has 0 spiro atoms. The van der Waals surface area contributed by atoms with Crippen LogP contribution in [0.15, 0.2) is 46.6 Å². The van der Waals surface area contributed by atoms with Crippen LogP contribution in [0.25, 0.3) is 10.9 Å². The molecule has 1 aromatic heterocycles. The largest absolute Gasteiger partial charge is 0.493 e. The number of H-pyrrole nitrogens is 1. The number of azo groups is 1. The van der Waals surface area contributed by atoms with Gasteiger partial charge in [-0.25, -0.2) is 0 Å². The predicted octanol–water partition coefficient (Wildman–Crippen LogP) is 6.22. The standard InChI is InChI=1S/C22H23IN4O2/c1-13-11-19-17(12-18(13)23)20(21(28)24-19)26-25-16-8-6-15(7-9-16)22(29)27-10-4-3-5-14(27)2/h6-9,11-12,14,24,28H,3-5,10H2,1-2H3. The fourth-order valence-electron chi connectivity index (χ4n) is 3.74. The first-order chi connectivity index (χ1) is 13.9. The van der Waals surface area contributed by atoms with Gasteiger partial charge in [0.25, 0.3) is 5.91 Å². The summed E-state index contributed by atoms with van der Waals surface area (Å²) in [5, 5.41) is 19.6. The first-order valence-electron chi connectivity index (χ1n) is 9.77. The van der Waals surface area contributed by atoms with Gasteiger partial charge in [0.2, 0.25) is 5.88 Å². The van der Waals surface area contributed by atoms with Crippen LogP contribution in [-0.4, -0.2) is 33.5 Å². The summed E-state index contributed by atoms with van der Waals surface area (Å²) in [4.78, 5) is 17.6. The highest BCUT2D eigenvalue weighted by molar-refractivity contribution is 14.1. The number of halogens is 1. The van der Waals surface area contributed by atoms with E-state index in [2.05, 4.69) is 44.7 Å². The molecule has 1 amide bonds. The number of rotatable bonds is 3. The van der Waals surface area contributed by atoms with Crippen molar-refractivity contribution in [2.45, 2.75) is 39.2 Å². The molecule has 2 heterocycles. The number of carbonyl (C=O) groups is 1. The second kappa shape index (κ2) is 8.14. The monoisotopic (exact) mass is 502 g/mol. The second-order valence-corrected chi connectivity index (χ2v) is 8.72. The number of amides is 1. The van der Waals surface area contributed by atoms with Crippen LogP contribution in [0.4, 0.5) is 11.4 Å². The molecule has 7 heteroatoms. The van der Waals surface area contributed by atoms with Crippen LogP contribution >= 0.6 is 22.6 Å². The number of carbonyl (C=O) groups excluding carboxylic acids is 1. The number of nitrogens with zero attached hydrogens (tertiary/aromatic N) is 3. The Morgan fingerprint density at radius 3 is 2.69 bits per heavy atom. The topological polar surface area (TPSA) is 81.0 Å². The molecule has 0 radical (unpaired) electrons. The van der Waals surface area contributed by atoms with Gasteiger partial charge >= 0.3 is 0 Å². The summed E-state index contributed by atoms with van der Waals surface area (Å²) in [6.45, 7) is 4.95. The van der Waals surface area contributed by atoms with Gasteiger partial charge in [0, 0.05) is 27.1 Å². The van der Waals surface area contributed by atoms with E-state index in [0.29, 0.717) is 16.9 Å². The second-order valence-electron chi connectivity index (χ2n) is 7.56. The predicted molar refractivity (Wildman–Crippen MR) is 122 cm³/mol. The Bertz CT molecular complexity index is 1090. The minimum absolute atomic E-state index is 0.00367. The molecule has 1 fully saturated rings. The molecule has 1 atom stereocenters. The Morgan fingerprint density at radius 1 is 1.21 bits per heavy atom. The van der Waals surface area contributed by atoms with E-state index in [0.717, 1.165) is 39.4 Å². The van der Waals surface area contributed by atoms with E-state index in [1.54, 1.807) is 24.3 Å². The molecular weight excluding hydrogens is 479 g/mol. The highest BCUT2D eigenvalue weighted by Crippen LogP contribution is 2.37. The molecule has 0 saturated carbocycles. The molecule has 4 rings (SSSR count). The maximum atomic E-state index is 12.8. The van der Waals surface area contributed by atoms with Crippen LogP contribution in [0.5, 0.6) is 5.88 Å². The Labute approximate surface area is 183 Å². The molecule has 2 aromatic carbocycles. The quantitative estimate of drug-likeness (QED) is 0.330. The number of aromatic hydroxyl groups is 1. The molecule has 150 valence electrons. The van der Waals surface area contributed by atoms with Crippen LogP contribution < -0.4 is 0 Å². The van der Waals surface area contributed by atoms with E-state index in [4.69, 9.17) is 0 Å². The molecule has 0 aliphatic carbocycles. The molecule has 2 N–H and O–H groups in total. The van der Waals surface area contributed by atoms with Gasteiger partial charge in [-0.05, 0) is 97.7 Å². The van der Waals surface area contributed by atoms with Crippen LogP contribution in [0.2, 0.25) is 0 Å². The molecule has 1 aliphatic heterocycles. The molecule has 1 saturated heterocycles. The normalized spacial score (nSPS) is 17.3. The number of hydrogen-bond donors (Lipinski definition) is 2. The number of piperidine rings is 1. The molecule has 3 aromatic rings. The van der Waals surface area contributed by atoms with E-state index in [1.807, 2.05) is 24.0 Å². The number of hydrogen-bond acceptors (Lipinski definition) is 4. The summed E-state index contributed by atoms with van der Waals surface area (Å²) >= 11 is 2.26. The minimum atomic E-state index is -0.00367. The van der Waals surface area contributed by atoms with E-state index < -0.39 is 0 Å². The van der Waals surface area contributed by atoms with Gasteiger partial charge in [-0.1, -0.05) is 0 Å². The third-order valence-corrected chi connectivity index (χ3v) is 6.64. The Hall–Kier alpha value is -2.42. The average molecular weight is 502 g/mol. The van der Waals surface area contributed by atoms with E-state index in [9.17, 15) is 9.90 Å². The van der Waals surface area contributed by atoms with Gasteiger partial charge in [0.05, 0.1) is 11.2 Å². The zero-order chi connectivity index (χ0) is 20.5. The fraction of sp³-hybridized carbons (Fsp3) is 0.318. The minimum Gasteiger partial charge on any atom is -0.493 e. The molecular formula is C22H23IN4O2. The van der Waals surface area contributed by atoms with Crippen LogP contribution in [0.3, 0.4) is 0 Å². The first-order valence-corrected chi connectivity index (χ1v) is 10.9. The highest BCUT2D eigenvalue weighted by Gasteiger charge is 2.24. The van der Waals surface area contributed by atoms with Crippen molar-refractivity contribution in [1.29, 1.82) is 0 Å². The van der Waals surface area contributed by atoms with Crippen molar-refractivity contribution < 1.29 is 9.90 Å². The third kappa shape index (κ3) is 4.01. The SMILES string of the molecule is Cc1cc2[nH]c(O)c(N=Nc3ccc(C(=O)N4CCCCC4C)cc3)c2cc1I. The maximum absolute atomic E-state index is 12.8. The summed E-state index contributed by atoms with van der Waals surface area (Å²) in [5.41, 5.74) is 3.67. The molecule has 0 bridgehead atoms. The Morgan fingerprint density at radius 2 is 1.97 bits per heavy atom. The number of benzene rings is 2. The van der Waals surface area contributed by atoms with Crippen molar-refractivity contribution in [3.63, 3.8) is 0 Å². The summed E-state index contributed by atoms with van der Waals surface area (Å²) in [6.07, 6.45) is 3.31. The summed E-state index contributed by atoms with van der Waals surface area (Å²) in [7, 11) is 0. The third-order valence-electron chi connectivity index (χ3n) is 5.47. The smallest absolute Gasteiger partial charge is 0.254 e. The highest BCUT2D eigenvalue weighted by atomic mass is 127. The zero-order valence-electron chi connectivity index (χ0n) is 16.4. The van der Waals surface area contributed by atoms with E-state index in [1.165, 1.54) is 6.42 Å². The molecule has 1 aliphatic rings. The number of likely N-dealkylation sites (tertiary alicyclic amines) is 1. The van der Waals surface area contributed by atoms with Crippen molar-refractivity contribution in [3.05, 3.63) is 51.1 Å². The van der Waals surface area contributed by atoms with Crippen LogP contribution in [0, 0.1) is 10.5 Å². The summed E-state index contributed by atoms with van der Waals surface area (Å²) in [6, 6.07) is 11.4. The molecule has 6 nitrogen and oxygen atoms in total. The maximum Gasteiger partial charge on any atom is 0.254 e. The lowest BCUT2D eigenvalue weighted by molar-refractivity contribution is 0.0635. The van der Waals surface area contributed by atoms with Gasteiger partial charge < -0.3 is 15.0 Å². The first kappa shape index (κ1) is 19.9. The molecule has 29 heavy (non-hydrogen) atoms. The van der Waals surface area contributed by atoms with Crippen molar-refractivity contribution in [2.24, 2.45) is 10.2 Å². The summed E-state index contributed by atoms with van der Waals surface area (Å²) < 4.78 is 1.10. The van der Waals surface area contributed by atoms with Gasteiger partial charge in [0.1, 0.15) is 0 Å². The Balaban J connectivity index is 1.55. The lowest BCUT2D eigenvalue weighted by Crippen LogP contribution is -2.41. The van der Waals surface area contributed by atoms with Crippen LogP contribution in [0.1, 0.15) is 42.1 Å². The average Bonchev–Trinajstić information content (AvgIpc) is 3.01. The van der Waals surface area contributed by atoms with Gasteiger partial charge in [-0.3, -0.25) is 4.79 Å². The number of aromatic nitrogens is 1. The van der Waals surface area contributed by atoms with Crippen LogP contribution in [-0.2, 0) is 0 Å². The number of fused-ring (bicyclic) bond motifs is 1. The van der Waals surface area contributed by atoms with Crippen molar-refractivity contribution in [3.8, 4) is 5.88 Å². The zero-order valence-corrected chi connectivity index (χ0v) is 18.6. The Kier molecular flexibility index (Phi) is 5.58. The van der Waals surface area contributed by atoms with Crippen molar-refractivity contribution >= 4 is 50.8 Å². The van der Waals surface area contributed by atoms with Gasteiger partial charge in [0.15, 0.2) is 5.69 Å². The fourth-order valence-corrected chi connectivity index (χ4v) is 4.21. The number of aromatic amines is 1. The van der Waals surface area contributed by atoms with E-state index >= 15 is 0 Å². The molecule has 1 unspecified atom stereocenters.